The maximum atomic E-state index is 12.1. The lowest BCUT2D eigenvalue weighted by Crippen LogP contribution is -2.11. The molecule has 0 aliphatic carbocycles. The highest BCUT2D eigenvalue weighted by Crippen LogP contribution is 2.26. The van der Waals surface area contributed by atoms with Gasteiger partial charge in [-0.15, -0.1) is 16.4 Å². The molecule has 0 unspecified atom stereocenters. The molecule has 0 aliphatic rings. The highest BCUT2D eigenvalue weighted by atomic mass is 35.5. The highest BCUT2D eigenvalue weighted by molar-refractivity contribution is 7.12. The average Bonchev–Trinajstić information content (AvgIpc) is 3.19. The van der Waals surface area contributed by atoms with E-state index in [4.69, 9.17) is 23.2 Å². The van der Waals surface area contributed by atoms with Gasteiger partial charge in [0.05, 0.1) is 20.6 Å². The molecule has 0 saturated carbocycles. The third-order valence-corrected chi connectivity index (χ3v) is 4.89. The number of amides is 1. The molecule has 4 nitrogen and oxygen atoms in total. The molecule has 0 atom stereocenters. The summed E-state index contributed by atoms with van der Waals surface area (Å²) in [5, 5.41) is 10.1. The summed E-state index contributed by atoms with van der Waals surface area (Å²) in [5.41, 5.74) is 1.76. The van der Waals surface area contributed by atoms with Gasteiger partial charge in [-0.05, 0) is 36.1 Å². The SMILES string of the molecule is CCc1cc(NC(=O)c2cccs2)nn1-c1ccc(Cl)c(Cl)c1. The number of nitrogens with one attached hydrogen (secondary N) is 1. The van der Waals surface area contributed by atoms with Gasteiger partial charge in [0.1, 0.15) is 0 Å². The van der Waals surface area contributed by atoms with Gasteiger partial charge in [-0.1, -0.05) is 36.2 Å². The molecule has 0 fully saturated rings. The van der Waals surface area contributed by atoms with Crippen molar-refractivity contribution in [2.75, 3.05) is 5.32 Å². The summed E-state index contributed by atoms with van der Waals surface area (Å²) in [6.07, 6.45) is 0.766. The lowest BCUT2D eigenvalue weighted by Gasteiger charge is -2.06. The van der Waals surface area contributed by atoms with Gasteiger partial charge < -0.3 is 5.32 Å². The van der Waals surface area contributed by atoms with Crippen LogP contribution >= 0.6 is 34.5 Å². The van der Waals surface area contributed by atoms with E-state index in [1.165, 1.54) is 11.3 Å². The summed E-state index contributed by atoms with van der Waals surface area (Å²) in [7, 11) is 0. The minimum atomic E-state index is -0.165. The van der Waals surface area contributed by atoms with E-state index in [0.717, 1.165) is 17.8 Å². The fourth-order valence-corrected chi connectivity index (χ4v) is 3.07. The fraction of sp³-hybridized carbons (Fsp3) is 0.125. The molecule has 1 N–H and O–H groups in total. The van der Waals surface area contributed by atoms with Crippen LogP contribution in [-0.2, 0) is 6.42 Å². The highest BCUT2D eigenvalue weighted by Gasteiger charge is 2.13. The second-order valence-corrected chi connectivity index (χ2v) is 6.58. The zero-order valence-corrected chi connectivity index (χ0v) is 14.5. The Labute approximate surface area is 147 Å². The van der Waals surface area contributed by atoms with Crippen LogP contribution in [0.5, 0.6) is 0 Å². The van der Waals surface area contributed by atoms with E-state index in [2.05, 4.69) is 10.4 Å². The van der Waals surface area contributed by atoms with E-state index in [1.54, 1.807) is 22.9 Å². The zero-order valence-electron chi connectivity index (χ0n) is 12.2. The van der Waals surface area contributed by atoms with Crippen molar-refractivity contribution in [3.05, 3.63) is 62.4 Å². The van der Waals surface area contributed by atoms with E-state index in [1.807, 2.05) is 30.5 Å². The van der Waals surface area contributed by atoms with Crippen LogP contribution in [0.15, 0.2) is 41.8 Å². The normalized spacial score (nSPS) is 10.7. The number of carbonyl (C=O) groups is 1. The number of halogens is 2. The molecule has 0 radical (unpaired) electrons. The third-order valence-electron chi connectivity index (χ3n) is 3.28. The number of thiophene rings is 1. The topological polar surface area (TPSA) is 46.9 Å². The van der Waals surface area contributed by atoms with Gasteiger partial charge >= 0.3 is 0 Å². The van der Waals surface area contributed by atoms with Crippen molar-refractivity contribution < 1.29 is 4.79 Å². The maximum Gasteiger partial charge on any atom is 0.266 e. The minimum Gasteiger partial charge on any atom is -0.304 e. The lowest BCUT2D eigenvalue weighted by molar-refractivity contribution is 0.103. The quantitative estimate of drug-likeness (QED) is 0.702. The zero-order chi connectivity index (χ0) is 16.4. The van der Waals surface area contributed by atoms with Crippen molar-refractivity contribution >= 4 is 46.3 Å². The number of hydrogen-bond donors (Lipinski definition) is 1. The maximum absolute atomic E-state index is 12.1. The van der Waals surface area contributed by atoms with Crippen molar-refractivity contribution in [2.24, 2.45) is 0 Å². The number of hydrogen-bond acceptors (Lipinski definition) is 3. The van der Waals surface area contributed by atoms with Gasteiger partial charge in [-0.2, -0.15) is 0 Å². The largest absolute Gasteiger partial charge is 0.304 e. The second-order valence-electron chi connectivity index (χ2n) is 4.82. The molecule has 3 rings (SSSR count). The van der Waals surface area contributed by atoms with E-state index >= 15 is 0 Å². The molecule has 7 heteroatoms. The third kappa shape index (κ3) is 3.42. The molecule has 2 heterocycles. The number of rotatable bonds is 4. The number of aryl methyl sites for hydroxylation is 1. The second kappa shape index (κ2) is 6.74. The van der Waals surface area contributed by atoms with Gasteiger partial charge in [0.25, 0.3) is 5.91 Å². The van der Waals surface area contributed by atoms with Crippen molar-refractivity contribution in [3.8, 4) is 5.69 Å². The van der Waals surface area contributed by atoms with Crippen molar-refractivity contribution in [1.29, 1.82) is 0 Å². The van der Waals surface area contributed by atoms with Gasteiger partial charge in [-0.3, -0.25) is 4.79 Å². The van der Waals surface area contributed by atoms with Crippen LogP contribution < -0.4 is 5.32 Å². The standard InChI is InChI=1S/C16H13Cl2N3OS/c1-2-10-9-15(19-16(22)14-4-3-7-23-14)20-21(10)11-5-6-12(17)13(18)8-11/h3-9H,2H2,1H3,(H,19,20,22). The molecule has 3 aromatic rings. The summed E-state index contributed by atoms with van der Waals surface area (Å²) in [5.74, 6) is 0.341. The molecule has 0 spiro atoms. The number of anilines is 1. The Balaban J connectivity index is 1.91. The van der Waals surface area contributed by atoms with Crippen LogP contribution in [0.1, 0.15) is 22.3 Å². The van der Waals surface area contributed by atoms with Crippen LogP contribution in [0, 0.1) is 0 Å². The summed E-state index contributed by atoms with van der Waals surface area (Å²) in [6.45, 7) is 2.02. The first-order chi connectivity index (χ1) is 11.1. The average molecular weight is 366 g/mol. The lowest BCUT2D eigenvalue weighted by atomic mass is 10.3. The Hall–Kier alpha value is -1.82. The monoisotopic (exact) mass is 365 g/mol. The number of nitrogens with zero attached hydrogens (tertiary/aromatic N) is 2. The summed E-state index contributed by atoms with van der Waals surface area (Å²) in [4.78, 5) is 12.8. The Morgan fingerprint density at radius 2 is 2.09 bits per heavy atom. The Morgan fingerprint density at radius 3 is 2.74 bits per heavy atom. The van der Waals surface area contributed by atoms with Crippen molar-refractivity contribution in [2.45, 2.75) is 13.3 Å². The smallest absolute Gasteiger partial charge is 0.266 e. The minimum absolute atomic E-state index is 0.165. The molecule has 1 amide bonds. The molecular weight excluding hydrogens is 353 g/mol. The Morgan fingerprint density at radius 1 is 1.26 bits per heavy atom. The van der Waals surface area contributed by atoms with Crippen LogP contribution in [0.25, 0.3) is 5.69 Å². The van der Waals surface area contributed by atoms with Crippen LogP contribution in [0.4, 0.5) is 5.82 Å². The molecule has 118 valence electrons. The van der Waals surface area contributed by atoms with Crippen LogP contribution in [0.3, 0.4) is 0 Å². The Kier molecular flexibility index (Phi) is 4.71. The van der Waals surface area contributed by atoms with Crippen molar-refractivity contribution in [3.63, 3.8) is 0 Å². The molecular formula is C16H13Cl2N3OS. The van der Waals surface area contributed by atoms with E-state index in [0.29, 0.717) is 20.7 Å². The predicted octanol–water partition coefficient (Wildman–Crippen LogP) is 5.06. The van der Waals surface area contributed by atoms with Gasteiger partial charge in [0.15, 0.2) is 5.82 Å². The summed E-state index contributed by atoms with van der Waals surface area (Å²) < 4.78 is 1.76. The van der Waals surface area contributed by atoms with Gasteiger partial charge in [0, 0.05) is 11.8 Å². The molecule has 2 aromatic heterocycles. The molecule has 1 aromatic carbocycles. The Bertz CT molecular complexity index is 843. The van der Waals surface area contributed by atoms with Gasteiger partial charge in [0.2, 0.25) is 0 Å². The summed E-state index contributed by atoms with van der Waals surface area (Å²) in [6, 6.07) is 10.8. The van der Waals surface area contributed by atoms with Crippen LogP contribution in [0.2, 0.25) is 10.0 Å². The van der Waals surface area contributed by atoms with E-state index in [9.17, 15) is 4.79 Å². The van der Waals surface area contributed by atoms with E-state index < -0.39 is 0 Å². The number of aromatic nitrogens is 2. The number of benzene rings is 1. The predicted molar refractivity (Wildman–Crippen MR) is 95.2 cm³/mol. The molecule has 0 aliphatic heterocycles. The molecule has 0 saturated heterocycles. The number of carbonyl (C=O) groups excluding carboxylic acids is 1. The van der Waals surface area contributed by atoms with E-state index in [-0.39, 0.29) is 5.91 Å². The fourth-order valence-electron chi connectivity index (χ4n) is 2.16. The first-order valence-corrected chi connectivity index (χ1v) is 8.61. The van der Waals surface area contributed by atoms with Crippen LogP contribution in [-0.4, -0.2) is 15.7 Å². The molecule has 0 bridgehead atoms. The molecule has 23 heavy (non-hydrogen) atoms. The first-order valence-electron chi connectivity index (χ1n) is 6.97. The van der Waals surface area contributed by atoms with Crippen molar-refractivity contribution in [1.82, 2.24) is 9.78 Å². The van der Waals surface area contributed by atoms with Gasteiger partial charge in [-0.25, -0.2) is 4.68 Å². The first kappa shape index (κ1) is 16.1. The summed E-state index contributed by atoms with van der Waals surface area (Å²) >= 11 is 13.4.